The molecule has 0 aliphatic heterocycles. The van der Waals surface area contributed by atoms with Gasteiger partial charge in [-0.25, -0.2) is 4.98 Å². The van der Waals surface area contributed by atoms with E-state index in [0.29, 0.717) is 21.8 Å². The molecule has 0 saturated heterocycles. The first-order chi connectivity index (χ1) is 8.19. The maximum atomic E-state index is 6.03. The van der Waals surface area contributed by atoms with E-state index in [9.17, 15) is 0 Å². The molecule has 3 rings (SSSR count). The topological polar surface area (TPSA) is 74.2 Å². The van der Waals surface area contributed by atoms with Crippen LogP contribution >= 0.6 is 11.6 Å². The lowest BCUT2D eigenvalue weighted by atomic mass is 10.2. The van der Waals surface area contributed by atoms with E-state index in [0.717, 1.165) is 10.9 Å². The quantitative estimate of drug-likeness (QED) is 0.718. The van der Waals surface area contributed by atoms with Gasteiger partial charge in [-0.05, 0) is 18.2 Å². The first-order valence-corrected chi connectivity index (χ1v) is 5.26. The number of halogens is 1. The Bertz CT molecular complexity index is 723. The van der Waals surface area contributed by atoms with Crippen LogP contribution in [0.5, 0.6) is 5.75 Å². The molecule has 2 aromatic heterocycles. The Morgan fingerprint density at radius 3 is 2.94 bits per heavy atom. The van der Waals surface area contributed by atoms with Crippen molar-refractivity contribution in [3.63, 3.8) is 0 Å². The molecule has 86 valence electrons. The van der Waals surface area contributed by atoms with Crippen molar-refractivity contribution in [2.45, 2.75) is 0 Å². The summed E-state index contributed by atoms with van der Waals surface area (Å²) in [5.74, 6) is 0.846. The molecule has 5 nitrogen and oxygen atoms in total. The highest BCUT2D eigenvalue weighted by molar-refractivity contribution is 6.32. The zero-order chi connectivity index (χ0) is 12.0. The minimum atomic E-state index is 0.253. The largest absolute Gasteiger partial charge is 0.495 e. The summed E-state index contributed by atoms with van der Waals surface area (Å²) in [6.07, 6.45) is 0. The van der Waals surface area contributed by atoms with Crippen molar-refractivity contribution in [2.75, 3.05) is 12.8 Å². The normalized spacial score (nSPS) is 11.2. The van der Waals surface area contributed by atoms with E-state index in [1.807, 2.05) is 6.07 Å². The van der Waals surface area contributed by atoms with E-state index in [2.05, 4.69) is 10.1 Å². The van der Waals surface area contributed by atoms with Gasteiger partial charge in [-0.1, -0.05) is 16.8 Å². The van der Waals surface area contributed by atoms with E-state index < -0.39 is 0 Å². The molecular weight excluding hydrogens is 242 g/mol. The van der Waals surface area contributed by atoms with Crippen molar-refractivity contribution in [3.05, 3.63) is 23.2 Å². The molecule has 2 N–H and O–H groups in total. The Morgan fingerprint density at radius 2 is 2.18 bits per heavy atom. The van der Waals surface area contributed by atoms with E-state index in [1.165, 1.54) is 0 Å². The maximum absolute atomic E-state index is 6.03. The molecule has 17 heavy (non-hydrogen) atoms. The average Bonchev–Trinajstić information content (AvgIpc) is 2.67. The Morgan fingerprint density at radius 1 is 1.35 bits per heavy atom. The number of hydrogen-bond donors (Lipinski definition) is 1. The molecule has 0 amide bonds. The number of methoxy groups -OCH3 is 1. The van der Waals surface area contributed by atoms with Gasteiger partial charge in [0, 0.05) is 5.39 Å². The minimum absolute atomic E-state index is 0.253. The van der Waals surface area contributed by atoms with Gasteiger partial charge in [0.2, 0.25) is 11.5 Å². The van der Waals surface area contributed by atoms with Crippen LogP contribution in [-0.4, -0.2) is 17.3 Å². The summed E-state index contributed by atoms with van der Waals surface area (Å²) >= 11 is 6.03. The van der Waals surface area contributed by atoms with Crippen LogP contribution in [0.25, 0.3) is 21.9 Å². The number of hydrogen-bond acceptors (Lipinski definition) is 5. The highest BCUT2D eigenvalue weighted by Crippen LogP contribution is 2.31. The molecule has 1 aromatic carbocycles. The second-order valence-corrected chi connectivity index (χ2v) is 3.99. The van der Waals surface area contributed by atoms with Crippen molar-refractivity contribution in [1.82, 2.24) is 10.1 Å². The lowest BCUT2D eigenvalue weighted by Crippen LogP contribution is -1.87. The standard InChI is InChI=1S/C11H8ClN3O2/c1-16-9-3-5-2-6-10(13)17-15-11(6)14-8(5)4-7(9)12/h2-4H,13H2,1H3. The zero-order valence-corrected chi connectivity index (χ0v) is 9.65. The van der Waals surface area contributed by atoms with Gasteiger partial charge in [0.1, 0.15) is 5.75 Å². The monoisotopic (exact) mass is 249 g/mol. The van der Waals surface area contributed by atoms with Crippen LogP contribution in [0.4, 0.5) is 5.88 Å². The molecule has 0 saturated carbocycles. The molecule has 0 fully saturated rings. The number of fused-ring (bicyclic) bond motifs is 2. The van der Waals surface area contributed by atoms with Crippen molar-refractivity contribution < 1.29 is 9.26 Å². The van der Waals surface area contributed by atoms with Crippen molar-refractivity contribution in [3.8, 4) is 5.75 Å². The van der Waals surface area contributed by atoms with Crippen LogP contribution < -0.4 is 10.5 Å². The Labute approximate surface area is 101 Å². The van der Waals surface area contributed by atoms with Gasteiger partial charge in [-0.2, -0.15) is 0 Å². The summed E-state index contributed by atoms with van der Waals surface area (Å²) in [6, 6.07) is 5.37. The predicted octanol–water partition coefficient (Wildman–Crippen LogP) is 2.62. The van der Waals surface area contributed by atoms with Crippen LogP contribution in [0, 0.1) is 0 Å². The fourth-order valence-electron chi connectivity index (χ4n) is 1.71. The number of rotatable bonds is 1. The van der Waals surface area contributed by atoms with Crippen molar-refractivity contribution in [1.29, 1.82) is 0 Å². The number of nitrogen functional groups attached to an aromatic ring is 1. The van der Waals surface area contributed by atoms with Crippen LogP contribution in [0.1, 0.15) is 0 Å². The van der Waals surface area contributed by atoms with E-state index >= 15 is 0 Å². The smallest absolute Gasteiger partial charge is 0.231 e. The van der Waals surface area contributed by atoms with Gasteiger partial charge in [-0.15, -0.1) is 0 Å². The van der Waals surface area contributed by atoms with Crippen LogP contribution in [0.2, 0.25) is 5.02 Å². The summed E-state index contributed by atoms with van der Waals surface area (Å²) in [5, 5.41) is 5.81. The maximum Gasteiger partial charge on any atom is 0.231 e. The van der Waals surface area contributed by atoms with Crippen molar-refractivity contribution in [2.24, 2.45) is 0 Å². The van der Waals surface area contributed by atoms with Gasteiger partial charge in [0.15, 0.2) is 0 Å². The van der Waals surface area contributed by atoms with Gasteiger partial charge < -0.3 is 15.0 Å². The molecule has 0 unspecified atom stereocenters. The molecule has 0 radical (unpaired) electrons. The number of aromatic nitrogens is 2. The highest BCUT2D eigenvalue weighted by Gasteiger charge is 2.10. The highest BCUT2D eigenvalue weighted by atomic mass is 35.5. The lowest BCUT2D eigenvalue weighted by Gasteiger charge is -2.04. The molecular formula is C11H8ClN3O2. The Hall–Kier alpha value is -2.01. The molecule has 0 aliphatic rings. The summed E-state index contributed by atoms with van der Waals surface area (Å²) in [7, 11) is 1.56. The molecule has 0 spiro atoms. The van der Waals surface area contributed by atoms with Crippen LogP contribution in [0.15, 0.2) is 22.7 Å². The number of nitrogens with two attached hydrogens (primary N) is 1. The van der Waals surface area contributed by atoms with Gasteiger partial charge >= 0.3 is 0 Å². The first kappa shape index (κ1) is 10.2. The molecule has 3 aromatic rings. The fourth-order valence-corrected chi connectivity index (χ4v) is 1.95. The summed E-state index contributed by atoms with van der Waals surface area (Å²) in [5.41, 5.74) is 6.83. The number of anilines is 1. The van der Waals surface area contributed by atoms with Crippen molar-refractivity contribution >= 4 is 39.4 Å². The van der Waals surface area contributed by atoms with E-state index in [4.69, 9.17) is 26.6 Å². The zero-order valence-electron chi connectivity index (χ0n) is 8.90. The molecule has 2 heterocycles. The van der Waals surface area contributed by atoms with E-state index in [-0.39, 0.29) is 5.88 Å². The van der Waals surface area contributed by atoms with Crippen LogP contribution in [-0.2, 0) is 0 Å². The Kier molecular flexibility index (Phi) is 2.09. The summed E-state index contributed by atoms with van der Waals surface area (Å²) in [4.78, 5) is 4.31. The van der Waals surface area contributed by atoms with E-state index in [1.54, 1.807) is 19.2 Å². The third kappa shape index (κ3) is 1.47. The Balaban J connectivity index is 2.41. The number of benzene rings is 1. The minimum Gasteiger partial charge on any atom is -0.495 e. The first-order valence-electron chi connectivity index (χ1n) is 4.88. The predicted molar refractivity (Wildman–Crippen MR) is 65.3 cm³/mol. The second kappa shape index (κ2) is 3.49. The second-order valence-electron chi connectivity index (χ2n) is 3.59. The molecule has 6 heteroatoms. The molecule has 0 aliphatic carbocycles. The fraction of sp³-hybridized carbons (Fsp3) is 0.0909. The lowest BCUT2D eigenvalue weighted by molar-refractivity contribution is 0.415. The third-order valence-electron chi connectivity index (χ3n) is 2.56. The van der Waals surface area contributed by atoms with Crippen LogP contribution in [0.3, 0.4) is 0 Å². The third-order valence-corrected chi connectivity index (χ3v) is 2.86. The molecule has 0 atom stereocenters. The molecule has 0 bridgehead atoms. The van der Waals surface area contributed by atoms with Gasteiger partial charge in [0.05, 0.1) is 23.0 Å². The number of ether oxygens (including phenoxy) is 1. The number of nitrogens with zero attached hydrogens (tertiary/aromatic N) is 2. The summed E-state index contributed by atoms with van der Waals surface area (Å²) in [6.45, 7) is 0. The average molecular weight is 250 g/mol. The number of pyridine rings is 1. The summed E-state index contributed by atoms with van der Waals surface area (Å²) < 4.78 is 10.0. The van der Waals surface area contributed by atoms with Gasteiger partial charge in [-0.3, -0.25) is 0 Å². The SMILES string of the molecule is COc1cc2cc3c(N)onc3nc2cc1Cl. The van der Waals surface area contributed by atoms with Gasteiger partial charge in [0.25, 0.3) is 0 Å².